The van der Waals surface area contributed by atoms with E-state index in [1.54, 1.807) is 37.4 Å². The zero-order chi connectivity index (χ0) is 23.8. The van der Waals surface area contributed by atoms with Crippen LogP contribution in [0.15, 0.2) is 76.7 Å². The molecule has 0 unspecified atom stereocenters. The van der Waals surface area contributed by atoms with Gasteiger partial charge in [0.2, 0.25) is 0 Å². The van der Waals surface area contributed by atoms with Crippen molar-refractivity contribution in [2.75, 3.05) is 18.4 Å². The normalized spacial score (nSPS) is 11.2. The number of nitrogens with zero attached hydrogens (tertiary/aromatic N) is 1. The molecule has 8 nitrogen and oxygen atoms in total. The van der Waals surface area contributed by atoms with Crippen molar-refractivity contribution in [3.8, 4) is 11.5 Å². The van der Waals surface area contributed by atoms with Crippen molar-refractivity contribution in [2.24, 2.45) is 5.10 Å². The second-order valence-electron chi connectivity index (χ2n) is 7.01. The molecule has 0 saturated heterocycles. The first-order valence-electron chi connectivity index (χ1n) is 10.2. The highest BCUT2D eigenvalue weighted by atomic mass is 32.2. The third-order valence-electron chi connectivity index (χ3n) is 4.62. The number of nitrogens with one attached hydrogen (secondary N) is 2. The van der Waals surface area contributed by atoms with Gasteiger partial charge in [0.15, 0.2) is 11.5 Å². The molecule has 3 aromatic carbocycles. The molecule has 0 fully saturated rings. The topological polar surface area (TPSA) is 106 Å². The van der Waals surface area contributed by atoms with Crippen LogP contribution in [-0.2, 0) is 10.0 Å². The van der Waals surface area contributed by atoms with Gasteiger partial charge in [0, 0.05) is 16.8 Å². The molecular weight excluding hydrogens is 442 g/mol. The molecule has 0 aliphatic rings. The molecule has 0 heterocycles. The fourth-order valence-corrected chi connectivity index (χ4v) is 4.00. The summed E-state index contributed by atoms with van der Waals surface area (Å²) in [5.74, 6) is 0.654. The van der Waals surface area contributed by atoms with Crippen molar-refractivity contribution >= 4 is 27.8 Å². The number of benzene rings is 3. The van der Waals surface area contributed by atoms with Gasteiger partial charge in [-0.1, -0.05) is 23.8 Å². The Labute approximate surface area is 193 Å². The van der Waals surface area contributed by atoms with Crippen LogP contribution < -0.4 is 19.6 Å². The monoisotopic (exact) mass is 467 g/mol. The number of hydrogen-bond acceptors (Lipinski definition) is 6. The van der Waals surface area contributed by atoms with E-state index in [1.807, 2.05) is 13.8 Å². The Kier molecular flexibility index (Phi) is 7.68. The number of hydrazone groups is 1. The quantitative estimate of drug-likeness (QED) is 0.366. The van der Waals surface area contributed by atoms with E-state index in [2.05, 4.69) is 15.2 Å². The van der Waals surface area contributed by atoms with Gasteiger partial charge in [-0.25, -0.2) is 13.8 Å². The minimum Gasteiger partial charge on any atom is -0.493 e. The molecule has 9 heteroatoms. The van der Waals surface area contributed by atoms with Crippen molar-refractivity contribution in [3.05, 3.63) is 83.4 Å². The lowest BCUT2D eigenvalue weighted by Crippen LogP contribution is -2.18. The molecule has 1 amide bonds. The maximum Gasteiger partial charge on any atom is 0.271 e. The number of anilines is 1. The SMILES string of the molecule is CCOc1c(/C=N/NC(=O)c2ccc(NS(=O)(=O)c3ccc(C)cc3)cc2)cccc1OC. The minimum atomic E-state index is -3.72. The van der Waals surface area contributed by atoms with Gasteiger partial charge < -0.3 is 9.47 Å². The van der Waals surface area contributed by atoms with Crippen LogP contribution in [0.1, 0.15) is 28.4 Å². The van der Waals surface area contributed by atoms with E-state index in [0.717, 1.165) is 5.56 Å². The van der Waals surface area contributed by atoms with Crippen LogP contribution in [-0.4, -0.2) is 34.3 Å². The standard InChI is InChI=1S/C24H25N3O5S/c1-4-32-23-19(6-5-7-22(23)31-3)16-25-26-24(28)18-10-12-20(13-11-18)27-33(29,30)21-14-8-17(2)9-15-21/h5-16,27H,4H2,1-3H3,(H,26,28)/b25-16+. The van der Waals surface area contributed by atoms with Crippen molar-refractivity contribution in [3.63, 3.8) is 0 Å². The van der Waals surface area contributed by atoms with Gasteiger partial charge >= 0.3 is 0 Å². The average molecular weight is 468 g/mol. The van der Waals surface area contributed by atoms with Crippen LogP contribution in [0.4, 0.5) is 5.69 Å². The highest BCUT2D eigenvalue weighted by molar-refractivity contribution is 7.92. The zero-order valence-corrected chi connectivity index (χ0v) is 19.3. The number of sulfonamides is 1. The number of methoxy groups -OCH3 is 1. The summed E-state index contributed by atoms with van der Waals surface area (Å²) in [6.45, 7) is 4.19. The van der Waals surface area contributed by atoms with Crippen molar-refractivity contribution in [1.29, 1.82) is 0 Å². The Morgan fingerprint density at radius 3 is 2.36 bits per heavy atom. The second kappa shape index (κ2) is 10.6. The molecular formula is C24H25N3O5S. The molecule has 0 saturated carbocycles. The largest absolute Gasteiger partial charge is 0.493 e. The number of ether oxygens (including phenoxy) is 2. The second-order valence-corrected chi connectivity index (χ2v) is 8.69. The summed E-state index contributed by atoms with van der Waals surface area (Å²) in [7, 11) is -2.17. The van der Waals surface area contributed by atoms with Crippen molar-refractivity contribution in [2.45, 2.75) is 18.7 Å². The molecule has 0 radical (unpaired) electrons. The van der Waals surface area contributed by atoms with Crippen LogP contribution in [0, 0.1) is 6.92 Å². The molecule has 0 aliphatic carbocycles. The number of hydrogen-bond donors (Lipinski definition) is 2. The molecule has 33 heavy (non-hydrogen) atoms. The highest BCUT2D eigenvalue weighted by Gasteiger charge is 2.14. The van der Waals surface area contributed by atoms with Gasteiger partial charge in [0.25, 0.3) is 15.9 Å². The lowest BCUT2D eigenvalue weighted by Gasteiger charge is -2.11. The van der Waals surface area contributed by atoms with Crippen molar-refractivity contribution in [1.82, 2.24) is 5.43 Å². The fourth-order valence-electron chi connectivity index (χ4n) is 2.94. The van der Waals surface area contributed by atoms with E-state index in [9.17, 15) is 13.2 Å². The van der Waals surface area contributed by atoms with E-state index in [1.165, 1.54) is 42.6 Å². The van der Waals surface area contributed by atoms with Crippen LogP contribution >= 0.6 is 0 Å². The molecule has 0 aromatic heterocycles. The molecule has 0 spiro atoms. The number of para-hydroxylation sites is 1. The first kappa shape index (κ1) is 23.8. The van der Waals surface area contributed by atoms with Crippen LogP contribution in [0.5, 0.6) is 11.5 Å². The van der Waals surface area contributed by atoms with E-state index >= 15 is 0 Å². The number of amides is 1. The van der Waals surface area contributed by atoms with Gasteiger partial charge in [0.1, 0.15) is 0 Å². The summed E-state index contributed by atoms with van der Waals surface area (Å²) in [5.41, 5.74) is 4.73. The van der Waals surface area contributed by atoms with E-state index < -0.39 is 15.9 Å². The maximum atomic E-state index is 12.5. The molecule has 3 rings (SSSR count). The molecule has 0 aliphatic heterocycles. The lowest BCUT2D eigenvalue weighted by molar-refractivity contribution is 0.0955. The Balaban J connectivity index is 1.66. The first-order valence-corrected chi connectivity index (χ1v) is 11.6. The predicted octanol–water partition coefficient (Wildman–Crippen LogP) is 3.97. The van der Waals surface area contributed by atoms with Gasteiger partial charge in [-0.05, 0) is 62.4 Å². The van der Waals surface area contributed by atoms with Gasteiger partial charge in [0.05, 0.1) is 24.8 Å². The Bertz CT molecular complexity index is 1240. The summed E-state index contributed by atoms with van der Waals surface area (Å²) in [6, 6.07) is 17.9. The van der Waals surface area contributed by atoms with Gasteiger partial charge in [-0.2, -0.15) is 5.10 Å². The third-order valence-corrected chi connectivity index (χ3v) is 6.02. The molecule has 172 valence electrons. The van der Waals surface area contributed by atoms with Crippen LogP contribution in [0.25, 0.3) is 0 Å². The maximum absolute atomic E-state index is 12.5. The summed E-state index contributed by atoms with van der Waals surface area (Å²) in [4.78, 5) is 12.6. The van der Waals surface area contributed by atoms with Crippen molar-refractivity contribution < 1.29 is 22.7 Å². The number of aryl methyl sites for hydroxylation is 1. The van der Waals surface area contributed by atoms with E-state index in [-0.39, 0.29) is 4.90 Å². The lowest BCUT2D eigenvalue weighted by atomic mass is 10.2. The van der Waals surface area contributed by atoms with Crippen LogP contribution in [0.2, 0.25) is 0 Å². The number of carbonyl (C=O) groups is 1. The van der Waals surface area contributed by atoms with Crippen LogP contribution in [0.3, 0.4) is 0 Å². The fraction of sp³-hybridized carbons (Fsp3) is 0.167. The molecule has 2 N–H and O–H groups in total. The Morgan fingerprint density at radius 2 is 1.73 bits per heavy atom. The van der Waals surface area contributed by atoms with Gasteiger partial charge in [-0.3, -0.25) is 9.52 Å². The third kappa shape index (κ3) is 6.11. The summed E-state index contributed by atoms with van der Waals surface area (Å²) >= 11 is 0. The zero-order valence-electron chi connectivity index (χ0n) is 18.5. The smallest absolute Gasteiger partial charge is 0.271 e. The summed E-state index contributed by atoms with van der Waals surface area (Å²) in [6.07, 6.45) is 1.47. The molecule has 3 aromatic rings. The Hall–Kier alpha value is -3.85. The van der Waals surface area contributed by atoms with E-state index in [4.69, 9.17) is 9.47 Å². The Morgan fingerprint density at radius 1 is 1.03 bits per heavy atom. The minimum absolute atomic E-state index is 0.160. The summed E-state index contributed by atoms with van der Waals surface area (Å²) < 4.78 is 38.4. The van der Waals surface area contributed by atoms with E-state index in [0.29, 0.717) is 34.9 Å². The number of rotatable bonds is 9. The average Bonchev–Trinajstić information content (AvgIpc) is 2.80. The molecule has 0 atom stereocenters. The molecule has 0 bridgehead atoms. The highest BCUT2D eigenvalue weighted by Crippen LogP contribution is 2.29. The van der Waals surface area contributed by atoms with Gasteiger partial charge in [-0.15, -0.1) is 0 Å². The predicted molar refractivity (Wildman–Crippen MR) is 128 cm³/mol. The summed E-state index contributed by atoms with van der Waals surface area (Å²) in [5, 5.41) is 3.99. The first-order chi connectivity index (χ1) is 15.8. The number of carbonyl (C=O) groups excluding carboxylic acids is 1.